The number of morpholine rings is 1. The molecule has 2 aromatic carbocycles. The summed E-state index contributed by atoms with van der Waals surface area (Å²) in [7, 11) is 1.52. The van der Waals surface area contributed by atoms with E-state index in [1.165, 1.54) is 31.3 Å². The molecule has 0 unspecified atom stereocenters. The number of rotatable bonds is 5. The lowest BCUT2D eigenvalue weighted by molar-refractivity contribution is -0.138. The van der Waals surface area contributed by atoms with Crippen molar-refractivity contribution in [3.8, 4) is 0 Å². The molecule has 0 aromatic heterocycles. The van der Waals surface area contributed by atoms with E-state index in [1.807, 2.05) is 4.90 Å². The molecule has 1 saturated heterocycles. The molecule has 2 N–H and O–H groups in total. The fourth-order valence-electron chi connectivity index (χ4n) is 3.23. The molecule has 0 saturated carbocycles. The standard InChI is InChI=1S/C21H24F4N4O/c1-26-20(27-13-15-3-2-4-17(22)11-15)28-14-16-5-6-18(12-19(16)21(23,24)25)29-7-9-30-10-8-29/h2-6,11-12H,7-10,13-14H2,1H3,(H2,26,27,28). The highest BCUT2D eigenvalue weighted by Gasteiger charge is 2.34. The predicted molar refractivity (Wildman–Crippen MR) is 108 cm³/mol. The molecule has 5 nitrogen and oxygen atoms in total. The number of halogens is 4. The van der Waals surface area contributed by atoms with E-state index in [0.717, 1.165) is 0 Å². The normalized spacial score (nSPS) is 15.2. The third-order valence-corrected chi connectivity index (χ3v) is 4.79. The minimum Gasteiger partial charge on any atom is -0.378 e. The van der Waals surface area contributed by atoms with Crippen LogP contribution in [0.1, 0.15) is 16.7 Å². The van der Waals surface area contributed by atoms with Crippen molar-refractivity contribution < 1.29 is 22.3 Å². The summed E-state index contributed by atoms with van der Waals surface area (Å²) in [4.78, 5) is 5.91. The second-order valence-corrected chi connectivity index (χ2v) is 6.85. The molecular weight excluding hydrogens is 400 g/mol. The summed E-state index contributed by atoms with van der Waals surface area (Å²) in [6.07, 6.45) is -4.47. The zero-order valence-corrected chi connectivity index (χ0v) is 16.6. The van der Waals surface area contributed by atoms with E-state index in [9.17, 15) is 17.6 Å². The number of hydrogen-bond acceptors (Lipinski definition) is 3. The highest BCUT2D eigenvalue weighted by atomic mass is 19.4. The van der Waals surface area contributed by atoms with Gasteiger partial charge in [-0.25, -0.2) is 4.39 Å². The maximum absolute atomic E-state index is 13.7. The summed E-state index contributed by atoms with van der Waals surface area (Å²) < 4.78 is 59.5. The Labute approximate surface area is 172 Å². The number of nitrogens with one attached hydrogen (secondary N) is 2. The molecule has 1 fully saturated rings. The van der Waals surface area contributed by atoms with Crippen molar-refractivity contribution in [2.24, 2.45) is 4.99 Å². The van der Waals surface area contributed by atoms with Crippen LogP contribution in [0.2, 0.25) is 0 Å². The number of guanidine groups is 1. The van der Waals surface area contributed by atoms with Gasteiger partial charge in [0, 0.05) is 38.9 Å². The van der Waals surface area contributed by atoms with E-state index in [1.54, 1.807) is 18.2 Å². The van der Waals surface area contributed by atoms with Crippen molar-refractivity contribution >= 4 is 11.6 Å². The molecule has 9 heteroatoms. The summed E-state index contributed by atoms with van der Waals surface area (Å²) in [5.74, 6) is -0.0305. The molecule has 1 aliphatic rings. The number of hydrogen-bond donors (Lipinski definition) is 2. The number of alkyl halides is 3. The van der Waals surface area contributed by atoms with Gasteiger partial charge in [0.2, 0.25) is 0 Å². The Balaban J connectivity index is 1.68. The third-order valence-electron chi connectivity index (χ3n) is 4.79. The Morgan fingerprint density at radius 1 is 1.07 bits per heavy atom. The van der Waals surface area contributed by atoms with Crippen molar-refractivity contribution in [2.75, 3.05) is 38.3 Å². The van der Waals surface area contributed by atoms with Crippen LogP contribution >= 0.6 is 0 Å². The largest absolute Gasteiger partial charge is 0.416 e. The fourth-order valence-corrected chi connectivity index (χ4v) is 3.23. The van der Waals surface area contributed by atoms with Crippen LogP contribution in [0, 0.1) is 5.82 Å². The lowest BCUT2D eigenvalue weighted by Crippen LogP contribution is -2.37. The van der Waals surface area contributed by atoms with E-state index in [0.29, 0.717) is 50.1 Å². The Hall–Kier alpha value is -2.81. The van der Waals surface area contributed by atoms with Crippen LogP contribution in [0.4, 0.5) is 23.2 Å². The van der Waals surface area contributed by atoms with E-state index in [4.69, 9.17) is 4.74 Å². The summed E-state index contributed by atoms with van der Waals surface area (Å²) in [6, 6.07) is 10.4. The van der Waals surface area contributed by atoms with Gasteiger partial charge in [0.25, 0.3) is 0 Å². The zero-order chi connectivity index (χ0) is 21.6. The van der Waals surface area contributed by atoms with Gasteiger partial charge in [-0.15, -0.1) is 0 Å². The van der Waals surface area contributed by atoms with E-state index >= 15 is 0 Å². The van der Waals surface area contributed by atoms with Gasteiger partial charge in [-0.3, -0.25) is 4.99 Å². The summed E-state index contributed by atoms with van der Waals surface area (Å²) in [6.45, 7) is 2.35. The minimum absolute atomic E-state index is 0.0545. The quantitative estimate of drug-likeness (QED) is 0.438. The molecule has 0 atom stereocenters. The first-order valence-electron chi connectivity index (χ1n) is 9.58. The molecule has 30 heavy (non-hydrogen) atoms. The number of ether oxygens (including phenoxy) is 1. The van der Waals surface area contributed by atoms with Gasteiger partial charge >= 0.3 is 6.18 Å². The number of aliphatic imine (C=N–C) groups is 1. The first kappa shape index (κ1) is 21.9. The van der Waals surface area contributed by atoms with Crippen LogP contribution in [0.5, 0.6) is 0 Å². The maximum atomic E-state index is 13.7. The molecule has 0 radical (unpaired) electrons. The van der Waals surface area contributed by atoms with Crippen LogP contribution in [-0.4, -0.2) is 39.3 Å². The average molecular weight is 424 g/mol. The second kappa shape index (κ2) is 9.80. The van der Waals surface area contributed by atoms with E-state index in [-0.39, 0.29) is 17.9 Å². The molecule has 3 rings (SSSR count). The van der Waals surface area contributed by atoms with Crippen molar-refractivity contribution in [2.45, 2.75) is 19.3 Å². The first-order chi connectivity index (χ1) is 14.4. The molecule has 0 aliphatic carbocycles. The Kier molecular flexibility index (Phi) is 7.15. The van der Waals surface area contributed by atoms with Gasteiger partial charge in [-0.05, 0) is 35.4 Å². The van der Waals surface area contributed by atoms with Crippen LogP contribution in [0.3, 0.4) is 0 Å². The maximum Gasteiger partial charge on any atom is 0.416 e. The van der Waals surface area contributed by atoms with Gasteiger partial charge in [0.05, 0.1) is 18.8 Å². The van der Waals surface area contributed by atoms with Gasteiger partial charge in [-0.2, -0.15) is 13.2 Å². The number of benzene rings is 2. The predicted octanol–water partition coefficient (Wildman–Crippen LogP) is 3.55. The summed E-state index contributed by atoms with van der Waals surface area (Å²) in [5.41, 5.74) is 0.666. The Morgan fingerprint density at radius 2 is 1.80 bits per heavy atom. The number of nitrogens with zero attached hydrogens (tertiary/aromatic N) is 2. The van der Waals surface area contributed by atoms with Gasteiger partial charge in [0.1, 0.15) is 5.82 Å². The molecular formula is C21H24F4N4O. The smallest absolute Gasteiger partial charge is 0.378 e. The molecule has 1 aliphatic heterocycles. The van der Waals surface area contributed by atoms with Crippen molar-refractivity contribution in [3.63, 3.8) is 0 Å². The lowest BCUT2D eigenvalue weighted by Gasteiger charge is -2.29. The van der Waals surface area contributed by atoms with Crippen molar-refractivity contribution in [3.05, 3.63) is 65.0 Å². The summed E-state index contributed by atoms with van der Waals surface area (Å²) in [5, 5.41) is 5.87. The Morgan fingerprint density at radius 3 is 2.47 bits per heavy atom. The number of anilines is 1. The Bertz CT molecular complexity index is 880. The average Bonchev–Trinajstić information content (AvgIpc) is 2.74. The third kappa shape index (κ3) is 5.85. The summed E-state index contributed by atoms with van der Waals surface area (Å²) >= 11 is 0. The molecule has 1 heterocycles. The van der Waals surface area contributed by atoms with E-state index < -0.39 is 11.7 Å². The first-order valence-corrected chi connectivity index (χ1v) is 9.58. The van der Waals surface area contributed by atoms with Gasteiger partial charge in [0.15, 0.2) is 5.96 Å². The molecule has 0 spiro atoms. The highest BCUT2D eigenvalue weighted by Crippen LogP contribution is 2.35. The van der Waals surface area contributed by atoms with Gasteiger partial charge < -0.3 is 20.3 Å². The van der Waals surface area contributed by atoms with Crippen molar-refractivity contribution in [1.29, 1.82) is 0 Å². The lowest BCUT2D eigenvalue weighted by atomic mass is 10.0. The van der Waals surface area contributed by atoms with Crippen molar-refractivity contribution in [1.82, 2.24) is 10.6 Å². The topological polar surface area (TPSA) is 48.9 Å². The monoisotopic (exact) mass is 424 g/mol. The minimum atomic E-state index is -4.47. The molecule has 2 aromatic rings. The van der Waals surface area contributed by atoms with Crippen LogP contribution in [-0.2, 0) is 24.0 Å². The second-order valence-electron chi connectivity index (χ2n) is 6.85. The highest BCUT2D eigenvalue weighted by molar-refractivity contribution is 5.79. The van der Waals surface area contributed by atoms with Crippen LogP contribution in [0.25, 0.3) is 0 Å². The van der Waals surface area contributed by atoms with Gasteiger partial charge in [-0.1, -0.05) is 18.2 Å². The zero-order valence-electron chi connectivity index (χ0n) is 16.6. The molecule has 162 valence electrons. The van der Waals surface area contributed by atoms with Crippen LogP contribution in [0.15, 0.2) is 47.5 Å². The van der Waals surface area contributed by atoms with E-state index in [2.05, 4.69) is 15.6 Å². The molecule has 0 bridgehead atoms. The fraction of sp³-hybridized carbons (Fsp3) is 0.381. The molecule has 0 amide bonds. The SMILES string of the molecule is CN=C(NCc1cccc(F)c1)NCc1ccc(N2CCOCC2)cc1C(F)(F)F. The van der Waals surface area contributed by atoms with Crippen LogP contribution < -0.4 is 15.5 Å².